The van der Waals surface area contributed by atoms with Crippen LogP contribution in [0, 0.1) is 0 Å². The van der Waals surface area contributed by atoms with Gasteiger partial charge in [-0.25, -0.2) is 4.98 Å². The van der Waals surface area contributed by atoms with Gasteiger partial charge in [-0.05, 0) is 6.07 Å². The highest BCUT2D eigenvalue weighted by Gasteiger charge is 2.07. The Bertz CT molecular complexity index is 698. The first-order valence-electron chi connectivity index (χ1n) is 5.48. The van der Waals surface area contributed by atoms with E-state index in [9.17, 15) is 0 Å². The van der Waals surface area contributed by atoms with E-state index < -0.39 is 0 Å². The van der Waals surface area contributed by atoms with Crippen LogP contribution in [0.4, 0.5) is 11.8 Å². The molecule has 0 unspecified atom stereocenters. The third kappa shape index (κ3) is 1.71. The summed E-state index contributed by atoms with van der Waals surface area (Å²) in [6, 6.07) is 11.5. The van der Waals surface area contributed by atoms with Crippen LogP contribution in [0.3, 0.4) is 0 Å². The van der Waals surface area contributed by atoms with Gasteiger partial charge >= 0.3 is 0 Å². The van der Waals surface area contributed by atoms with Gasteiger partial charge < -0.3 is 11.5 Å². The number of aromatic nitrogens is 3. The maximum Gasteiger partial charge on any atom is 0.222 e. The van der Waals surface area contributed by atoms with Crippen LogP contribution in [0.5, 0.6) is 0 Å². The summed E-state index contributed by atoms with van der Waals surface area (Å²) < 4.78 is 0. The van der Waals surface area contributed by atoms with E-state index >= 15 is 0 Å². The number of para-hydroxylation sites is 1. The lowest BCUT2D eigenvalue weighted by Gasteiger charge is -2.06. The average Bonchev–Trinajstić information content (AvgIpc) is 2.37. The largest absolute Gasteiger partial charge is 0.384 e. The molecule has 0 bridgehead atoms. The standard InChI is InChI=1S/C13H11N5/c14-11-7-10(17-13(15)18-11)9-5-1-3-8-4-2-6-16-12(8)9/h1-7H,(H4,14,15,17,18). The minimum Gasteiger partial charge on any atom is -0.384 e. The van der Waals surface area contributed by atoms with Crippen LogP contribution in [0.2, 0.25) is 0 Å². The molecule has 0 aliphatic carbocycles. The lowest BCUT2D eigenvalue weighted by molar-refractivity contribution is 1.20. The Morgan fingerprint density at radius 2 is 1.78 bits per heavy atom. The van der Waals surface area contributed by atoms with Crippen LogP contribution in [-0.4, -0.2) is 15.0 Å². The Morgan fingerprint density at radius 1 is 0.944 bits per heavy atom. The van der Waals surface area contributed by atoms with Crippen LogP contribution in [0.15, 0.2) is 42.6 Å². The first-order chi connectivity index (χ1) is 8.74. The summed E-state index contributed by atoms with van der Waals surface area (Å²) in [6.45, 7) is 0. The van der Waals surface area contributed by atoms with E-state index in [0.29, 0.717) is 11.5 Å². The van der Waals surface area contributed by atoms with E-state index in [1.165, 1.54) is 0 Å². The molecule has 3 rings (SSSR count). The molecule has 2 heterocycles. The first kappa shape index (κ1) is 10.5. The van der Waals surface area contributed by atoms with E-state index in [-0.39, 0.29) is 5.95 Å². The molecule has 0 saturated heterocycles. The molecule has 0 radical (unpaired) electrons. The van der Waals surface area contributed by atoms with Gasteiger partial charge in [0.2, 0.25) is 5.95 Å². The fraction of sp³-hybridized carbons (Fsp3) is 0. The van der Waals surface area contributed by atoms with Gasteiger partial charge in [-0.15, -0.1) is 0 Å². The molecule has 0 aliphatic rings. The maximum atomic E-state index is 5.69. The highest BCUT2D eigenvalue weighted by molar-refractivity contribution is 5.92. The van der Waals surface area contributed by atoms with Gasteiger partial charge in [0.1, 0.15) is 5.82 Å². The summed E-state index contributed by atoms with van der Waals surface area (Å²) in [5.74, 6) is 0.517. The van der Waals surface area contributed by atoms with Gasteiger partial charge in [0.05, 0.1) is 11.2 Å². The second-order valence-corrected chi connectivity index (χ2v) is 3.92. The van der Waals surface area contributed by atoms with Crippen molar-refractivity contribution in [3.63, 3.8) is 0 Å². The zero-order chi connectivity index (χ0) is 12.5. The quantitative estimate of drug-likeness (QED) is 0.674. The number of benzene rings is 1. The molecule has 0 spiro atoms. The molecule has 0 amide bonds. The van der Waals surface area contributed by atoms with Gasteiger partial charge in [-0.3, -0.25) is 4.98 Å². The lowest BCUT2D eigenvalue weighted by atomic mass is 10.1. The van der Waals surface area contributed by atoms with Crippen molar-refractivity contribution in [3.05, 3.63) is 42.6 Å². The molecule has 4 N–H and O–H groups in total. The molecule has 1 aromatic carbocycles. The van der Waals surface area contributed by atoms with Crippen LogP contribution in [0.25, 0.3) is 22.2 Å². The van der Waals surface area contributed by atoms with Crippen molar-refractivity contribution in [3.8, 4) is 11.3 Å². The Labute approximate surface area is 104 Å². The summed E-state index contributed by atoms with van der Waals surface area (Å²) in [5, 5.41) is 1.05. The molecule has 0 fully saturated rings. The van der Waals surface area contributed by atoms with Crippen molar-refractivity contribution < 1.29 is 0 Å². The molecule has 0 aliphatic heterocycles. The van der Waals surface area contributed by atoms with Crippen LogP contribution in [-0.2, 0) is 0 Å². The molecular weight excluding hydrogens is 226 g/mol. The predicted molar refractivity (Wildman–Crippen MR) is 71.6 cm³/mol. The number of hydrogen-bond acceptors (Lipinski definition) is 5. The lowest BCUT2D eigenvalue weighted by Crippen LogP contribution is -2.00. The number of hydrogen-bond donors (Lipinski definition) is 2. The highest BCUT2D eigenvalue weighted by atomic mass is 15.0. The SMILES string of the molecule is Nc1cc(-c2cccc3cccnc23)nc(N)n1. The monoisotopic (exact) mass is 237 g/mol. The predicted octanol–water partition coefficient (Wildman–Crippen LogP) is 1.86. The zero-order valence-corrected chi connectivity index (χ0v) is 9.54. The van der Waals surface area contributed by atoms with Crippen LogP contribution < -0.4 is 11.5 Å². The fourth-order valence-electron chi connectivity index (χ4n) is 1.93. The summed E-state index contributed by atoms with van der Waals surface area (Å²) in [6.07, 6.45) is 1.75. The van der Waals surface area contributed by atoms with E-state index in [4.69, 9.17) is 11.5 Å². The third-order valence-corrected chi connectivity index (χ3v) is 2.67. The third-order valence-electron chi connectivity index (χ3n) is 2.67. The Hall–Kier alpha value is -2.69. The Morgan fingerprint density at radius 3 is 2.61 bits per heavy atom. The number of nitrogens with two attached hydrogens (primary N) is 2. The number of nitrogen functional groups attached to an aromatic ring is 2. The van der Waals surface area contributed by atoms with Crippen LogP contribution in [0.1, 0.15) is 0 Å². The molecular formula is C13H11N5. The van der Waals surface area contributed by atoms with Crippen molar-refractivity contribution in [2.24, 2.45) is 0 Å². The minimum absolute atomic E-state index is 0.165. The normalized spacial score (nSPS) is 10.7. The molecule has 88 valence electrons. The molecule has 3 aromatic rings. The van der Waals surface area contributed by atoms with Crippen molar-refractivity contribution in [2.45, 2.75) is 0 Å². The van der Waals surface area contributed by atoms with Gasteiger partial charge in [0.15, 0.2) is 0 Å². The van der Waals surface area contributed by atoms with Crippen molar-refractivity contribution in [1.82, 2.24) is 15.0 Å². The Kier molecular flexibility index (Phi) is 2.30. The van der Waals surface area contributed by atoms with Crippen molar-refractivity contribution in [1.29, 1.82) is 0 Å². The van der Waals surface area contributed by atoms with E-state index in [1.807, 2.05) is 30.3 Å². The van der Waals surface area contributed by atoms with Crippen molar-refractivity contribution in [2.75, 3.05) is 11.5 Å². The number of rotatable bonds is 1. The second kappa shape index (κ2) is 3.96. The summed E-state index contributed by atoms with van der Waals surface area (Å²) in [5.41, 5.74) is 13.8. The number of anilines is 2. The Balaban J connectivity index is 2.31. The molecule has 5 nitrogen and oxygen atoms in total. The highest BCUT2D eigenvalue weighted by Crippen LogP contribution is 2.26. The van der Waals surface area contributed by atoms with Gasteiger partial charge in [0.25, 0.3) is 0 Å². The fourth-order valence-corrected chi connectivity index (χ4v) is 1.93. The van der Waals surface area contributed by atoms with E-state index in [2.05, 4.69) is 15.0 Å². The molecule has 5 heteroatoms. The van der Waals surface area contributed by atoms with Gasteiger partial charge in [-0.2, -0.15) is 4.98 Å². The molecule has 0 atom stereocenters. The minimum atomic E-state index is 0.165. The van der Waals surface area contributed by atoms with Gasteiger partial charge in [0, 0.05) is 23.2 Å². The summed E-state index contributed by atoms with van der Waals surface area (Å²) in [7, 11) is 0. The maximum absolute atomic E-state index is 5.69. The molecule has 0 saturated carbocycles. The van der Waals surface area contributed by atoms with Crippen molar-refractivity contribution >= 4 is 22.7 Å². The van der Waals surface area contributed by atoms with Crippen LogP contribution >= 0.6 is 0 Å². The second-order valence-electron chi connectivity index (χ2n) is 3.92. The van der Waals surface area contributed by atoms with E-state index in [1.54, 1.807) is 12.3 Å². The number of fused-ring (bicyclic) bond motifs is 1. The van der Waals surface area contributed by atoms with E-state index in [0.717, 1.165) is 16.5 Å². The smallest absolute Gasteiger partial charge is 0.222 e. The summed E-state index contributed by atoms with van der Waals surface area (Å²) in [4.78, 5) is 12.4. The number of pyridine rings is 1. The summed E-state index contributed by atoms with van der Waals surface area (Å²) >= 11 is 0. The topological polar surface area (TPSA) is 90.7 Å². The number of nitrogens with zero attached hydrogens (tertiary/aromatic N) is 3. The zero-order valence-electron chi connectivity index (χ0n) is 9.54. The molecule has 18 heavy (non-hydrogen) atoms. The van der Waals surface area contributed by atoms with Gasteiger partial charge in [-0.1, -0.05) is 24.3 Å². The average molecular weight is 237 g/mol. The molecule has 2 aromatic heterocycles. The first-order valence-corrected chi connectivity index (χ1v) is 5.48.